The van der Waals surface area contributed by atoms with Gasteiger partial charge in [0.2, 0.25) is 10.0 Å². The number of benzene rings is 2. The first-order chi connectivity index (χ1) is 14.4. The summed E-state index contributed by atoms with van der Waals surface area (Å²) < 4.78 is 26.4. The summed E-state index contributed by atoms with van der Waals surface area (Å²) in [6.07, 6.45) is 0.613. The van der Waals surface area contributed by atoms with Crippen LogP contribution < -0.4 is 4.90 Å². The molecular weight excluding hydrogens is 400 g/mol. The molecule has 30 heavy (non-hydrogen) atoms. The number of nitrogens with zero attached hydrogens (tertiary/aromatic N) is 4. The van der Waals surface area contributed by atoms with Crippen molar-refractivity contribution in [3.05, 3.63) is 48.0 Å². The molecule has 1 fully saturated rings. The van der Waals surface area contributed by atoms with Crippen LogP contribution in [0.4, 0.5) is 5.82 Å². The number of phenols is 1. The molecule has 1 saturated heterocycles. The summed E-state index contributed by atoms with van der Waals surface area (Å²) in [5, 5.41) is 11.2. The Morgan fingerprint density at radius 1 is 1.03 bits per heavy atom. The van der Waals surface area contributed by atoms with Crippen LogP contribution in [0.15, 0.2) is 42.5 Å². The fraction of sp³-hybridized carbons (Fsp3) is 0.364. The van der Waals surface area contributed by atoms with Crippen molar-refractivity contribution in [3.63, 3.8) is 0 Å². The van der Waals surface area contributed by atoms with Gasteiger partial charge in [-0.15, -0.1) is 0 Å². The van der Waals surface area contributed by atoms with Crippen LogP contribution in [0.1, 0.15) is 18.9 Å². The number of para-hydroxylation sites is 1. The zero-order valence-electron chi connectivity index (χ0n) is 17.2. The van der Waals surface area contributed by atoms with Gasteiger partial charge < -0.3 is 10.0 Å². The molecule has 0 bridgehead atoms. The number of aromatic hydroxyl groups is 1. The molecule has 0 spiro atoms. The molecule has 0 amide bonds. The molecule has 0 radical (unpaired) electrons. The summed E-state index contributed by atoms with van der Waals surface area (Å²) in [6, 6.07) is 13.1. The van der Waals surface area contributed by atoms with Crippen LogP contribution >= 0.6 is 0 Å². The standard InChI is InChI=1S/C22H26N4O3S/c1-3-14-30(28,29)26-12-10-25(11-13-26)22-17-9-8-16(2)15-19(17)23-21(24-22)18-6-4-5-7-20(18)27/h4-9,15,27H,3,10-14H2,1-2H3. The lowest BCUT2D eigenvalue weighted by atomic mass is 10.1. The Hall–Kier alpha value is -2.71. The number of hydrogen-bond acceptors (Lipinski definition) is 6. The minimum Gasteiger partial charge on any atom is -0.507 e. The average molecular weight is 427 g/mol. The lowest BCUT2D eigenvalue weighted by Gasteiger charge is -2.35. The average Bonchev–Trinajstić information content (AvgIpc) is 2.73. The highest BCUT2D eigenvalue weighted by atomic mass is 32.2. The number of aromatic nitrogens is 2. The molecule has 2 heterocycles. The third-order valence-electron chi connectivity index (χ3n) is 5.37. The van der Waals surface area contributed by atoms with Gasteiger partial charge in [-0.25, -0.2) is 18.4 Å². The van der Waals surface area contributed by atoms with Gasteiger partial charge >= 0.3 is 0 Å². The van der Waals surface area contributed by atoms with Gasteiger partial charge in [-0.2, -0.15) is 4.31 Å². The molecule has 0 saturated carbocycles. The molecule has 158 valence electrons. The number of fused-ring (bicyclic) bond motifs is 1. The van der Waals surface area contributed by atoms with Crippen molar-refractivity contribution in [3.8, 4) is 17.1 Å². The minimum atomic E-state index is -3.20. The van der Waals surface area contributed by atoms with E-state index < -0.39 is 10.0 Å². The van der Waals surface area contributed by atoms with E-state index in [0.29, 0.717) is 44.0 Å². The number of anilines is 1. The molecule has 1 aliphatic rings. The van der Waals surface area contributed by atoms with E-state index in [1.165, 1.54) is 0 Å². The summed E-state index contributed by atoms with van der Waals surface area (Å²) in [6.45, 7) is 5.88. The second-order valence-corrected chi connectivity index (χ2v) is 9.70. The van der Waals surface area contributed by atoms with E-state index in [4.69, 9.17) is 9.97 Å². The van der Waals surface area contributed by atoms with Crippen LogP contribution in [0, 0.1) is 6.92 Å². The van der Waals surface area contributed by atoms with Gasteiger partial charge in [-0.05, 0) is 43.2 Å². The largest absolute Gasteiger partial charge is 0.507 e. The van der Waals surface area contributed by atoms with E-state index >= 15 is 0 Å². The molecule has 2 aromatic carbocycles. The van der Waals surface area contributed by atoms with Gasteiger partial charge in [0, 0.05) is 31.6 Å². The molecule has 1 aliphatic heterocycles. The molecule has 3 aromatic rings. The molecular formula is C22H26N4O3S. The normalized spacial score (nSPS) is 15.6. The molecule has 7 nitrogen and oxygen atoms in total. The van der Waals surface area contributed by atoms with Gasteiger partial charge in [0.25, 0.3) is 0 Å². The van der Waals surface area contributed by atoms with Crippen molar-refractivity contribution in [1.82, 2.24) is 14.3 Å². The predicted molar refractivity (Wildman–Crippen MR) is 119 cm³/mol. The topological polar surface area (TPSA) is 86.6 Å². The molecule has 0 atom stereocenters. The van der Waals surface area contributed by atoms with Gasteiger partial charge in [0.1, 0.15) is 11.6 Å². The Labute approximate surface area is 177 Å². The molecule has 8 heteroatoms. The molecule has 1 aromatic heterocycles. The fourth-order valence-electron chi connectivity index (χ4n) is 3.81. The summed E-state index contributed by atoms with van der Waals surface area (Å²) in [7, 11) is -3.20. The Morgan fingerprint density at radius 2 is 1.77 bits per heavy atom. The van der Waals surface area contributed by atoms with Gasteiger partial charge in [-0.1, -0.05) is 25.1 Å². The minimum absolute atomic E-state index is 0.130. The second-order valence-electron chi connectivity index (χ2n) is 7.61. The summed E-state index contributed by atoms with van der Waals surface area (Å²) in [5.74, 6) is 1.54. The van der Waals surface area contributed by atoms with Crippen molar-refractivity contribution < 1.29 is 13.5 Å². The first kappa shape index (κ1) is 20.6. The maximum absolute atomic E-state index is 12.4. The quantitative estimate of drug-likeness (QED) is 0.674. The Morgan fingerprint density at radius 3 is 2.47 bits per heavy atom. The van der Waals surface area contributed by atoms with Crippen LogP contribution in [-0.4, -0.2) is 59.7 Å². The third-order valence-corrected chi connectivity index (χ3v) is 7.45. The molecule has 0 aliphatic carbocycles. The summed E-state index contributed by atoms with van der Waals surface area (Å²) in [5.41, 5.74) is 2.47. The van der Waals surface area contributed by atoms with Crippen molar-refractivity contribution >= 4 is 26.7 Å². The van der Waals surface area contributed by atoms with Gasteiger partial charge in [-0.3, -0.25) is 0 Å². The molecule has 1 N–H and O–H groups in total. The van der Waals surface area contributed by atoms with Crippen LogP contribution in [-0.2, 0) is 10.0 Å². The molecule has 4 rings (SSSR count). The number of piperazine rings is 1. The highest BCUT2D eigenvalue weighted by Crippen LogP contribution is 2.32. The van der Waals surface area contributed by atoms with Crippen LogP contribution in [0.3, 0.4) is 0 Å². The number of phenolic OH excluding ortho intramolecular Hbond substituents is 1. The summed E-state index contributed by atoms with van der Waals surface area (Å²) >= 11 is 0. The van der Waals surface area contributed by atoms with E-state index in [2.05, 4.69) is 4.90 Å². The summed E-state index contributed by atoms with van der Waals surface area (Å²) in [4.78, 5) is 11.6. The second kappa shape index (κ2) is 8.20. The third kappa shape index (κ3) is 3.97. The first-order valence-corrected chi connectivity index (χ1v) is 11.8. The van der Waals surface area contributed by atoms with Crippen molar-refractivity contribution in [2.24, 2.45) is 0 Å². The SMILES string of the molecule is CCCS(=O)(=O)N1CCN(c2nc(-c3ccccc3O)nc3cc(C)ccc23)CC1. The number of aryl methyl sites for hydroxylation is 1. The van der Waals surface area contributed by atoms with E-state index in [1.807, 2.05) is 38.1 Å². The predicted octanol–water partition coefficient (Wildman–Crippen LogP) is 3.17. The fourth-order valence-corrected chi connectivity index (χ4v) is 5.31. The number of rotatable bonds is 5. The lowest BCUT2D eigenvalue weighted by Crippen LogP contribution is -2.49. The highest BCUT2D eigenvalue weighted by molar-refractivity contribution is 7.89. The maximum Gasteiger partial charge on any atom is 0.214 e. The molecule has 0 unspecified atom stereocenters. The number of sulfonamides is 1. The van der Waals surface area contributed by atoms with Gasteiger partial charge in [0.05, 0.1) is 16.8 Å². The Bertz CT molecular complexity index is 1170. The zero-order chi connectivity index (χ0) is 21.3. The van der Waals surface area contributed by atoms with Crippen LogP contribution in [0.5, 0.6) is 5.75 Å². The van der Waals surface area contributed by atoms with Crippen molar-refractivity contribution in [2.45, 2.75) is 20.3 Å². The highest BCUT2D eigenvalue weighted by Gasteiger charge is 2.28. The lowest BCUT2D eigenvalue weighted by molar-refractivity contribution is 0.384. The monoisotopic (exact) mass is 426 g/mol. The van der Waals surface area contributed by atoms with E-state index in [9.17, 15) is 13.5 Å². The zero-order valence-corrected chi connectivity index (χ0v) is 18.1. The van der Waals surface area contributed by atoms with E-state index in [1.54, 1.807) is 22.5 Å². The van der Waals surface area contributed by atoms with Crippen molar-refractivity contribution in [2.75, 3.05) is 36.8 Å². The van der Waals surface area contributed by atoms with E-state index in [0.717, 1.165) is 22.3 Å². The van der Waals surface area contributed by atoms with Crippen LogP contribution in [0.25, 0.3) is 22.3 Å². The Balaban J connectivity index is 1.73. The maximum atomic E-state index is 12.4. The van der Waals surface area contributed by atoms with Crippen LogP contribution in [0.2, 0.25) is 0 Å². The van der Waals surface area contributed by atoms with E-state index in [-0.39, 0.29) is 11.5 Å². The first-order valence-electron chi connectivity index (χ1n) is 10.2. The number of hydrogen-bond donors (Lipinski definition) is 1. The van der Waals surface area contributed by atoms with Crippen molar-refractivity contribution in [1.29, 1.82) is 0 Å². The Kier molecular flexibility index (Phi) is 5.62. The smallest absolute Gasteiger partial charge is 0.214 e. The van der Waals surface area contributed by atoms with Gasteiger partial charge in [0.15, 0.2) is 5.82 Å².